The van der Waals surface area contributed by atoms with Gasteiger partial charge in [0.1, 0.15) is 36.3 Å². The molecule has 4 rings (SSSR count). The van der Waals surface area contributed by atoms with Crippen LogP contribution in [0.15, 0.2) is 47.3 Å². The lowest BCUT2D eigenvalue weighted by Crippen LogP contribution is -2.29. The third kappa shape index (κ3) is 8.95. The average molecular weight is 713 g/mol. The van der Waals surface area contributed by atoms with Gasteiger partial charge in [0.2, 0.25) is 0 Å². The monoisotopic (exact) mass is 712 g/mol. The average Bonchev–Trinajstić information content (AvgIpc) is 3.60. The third-order valence-corrected chi connectivity index (χ3v) is 7.34. The molecule has 234 valence electrons. The van der Waals surface area contributed by atoms with Crippen molar-refractivity contribution in [2.45, 2.75) is 63.1 Å². The zero-order valence-electron chi connectivity index (χ0n) is 23.8. The van der Waals surface area contributed by atoms with Gasteiger partial charge in [0.15, 0.2) is 0 Å². The number of halogens is 1. The quantitative estimate of drug-likeness (QED) is 0.153. The minimum atomic E-state index is -0.579. The summed E-state index contributed by atoms with van der Waals surface area (Å²) in [5, 5.41) is 18.7. The van der Waals surface area contributed by atoms with Gasteiger partial charge in [-0.05, 0) is 22.6 Å². The van der Waals surface area contributed by atoms with Crippen molar-refractivity contribution in [3.05, 3.63) is 67.8 Å². The summed E-state index contributed by atoms with van der Waals surface area (Å²) in [6, 6.07) is 0. The first-order chi connectivity index (χ1) is 20.7. The molecule has 0 aromatic carbocycles. The van der Waals surface area contributed by atoms with Crippen LogP contribution in [0.1, 0.15) is 44.2 Å². The molecule has 6 atom stereocenters. The number of nitrogen functional groups attached to an aromatic ring is 2. The number of ether oxygens (including phenoxy) is 4. The first-order valence-electron chi connectivity index (χ1n) is 13.6. The summed E-state index contributed by atoms with van der Waals surface area (Å²) >= 11 is 2.00. The van der Waals surface area contributed by atoms with Crippen LogP contribution in [0.5, 0.6) is 0 Å². The van der Waals surface area contributed by atoms with E-state index in [9.17, 15) is 19.8 Å². The lowest BCUT2D eigenvalue weighted by molar-refractivity contribution is -0.0581. The molecule has 4 heterocycles. The Morgan fingerprint density at radius 2 is 1.47 bits per heavy atom. The summed E-state index contributed by atoms with van der Waals surface area (Å²) in [5.41, 5.74) is 10.8. The number of nitrogens with two attached hydrogens (primary N) is 2. The topological polar surface area (TPSA) is 199 Å². The van der Waals surface area contributed by atoms with E-state index in [0.29, 0.717) is 41.6 Å². The zero-order valence-corrected chi connectivity index (χ0v) is 26.0. The van der Waals surface area contributed by atoms with E-state index in [2.05, 4.69) is 35.0 Å². The van der Waals surface area contributed by atoms with Gasteiger partial charge < -0.3 is 40.6 Å². The smallest absolute Gasteiger partial charge is 0.351 e. The molecule has 0 saturated carbocycles. The molecule has 6 N–H and O–H groups in total. The maximum absolute atomic E-state index is 12.1. The Kier molecular flexibility index (Phi) is 13.3. The van der Waals surface area contributed by atoms with Crippen molar-refractivity contribution >= 4 is 34.2 Å². The van der Waals surface area contributed by atoms with Crippen molar-refractivity contribution in [3.8, 4) is 11.8 Å². The lowest BCUT2D eigenvalue weighted by atomic mass is 10.2. The van der Waals surface area contributed by atoms with Gasteiger partial charge in [0.25, 0.3) is 0 Å². The molecule has 0 bridgehead atoms. The highest BCUT2D eigenvalue weighted by molar-refractivity contribution is 14.1. The molecule has 14 nitrogen and oxygen atoms in total. The van der Waals surface area contributed by atoms with E-state index in [-0.39, 0.29) is 37.1 Å². The molecule has 2 saturated heterocycles. The van der Waals surface area contributed by atoms with Crippen molar-refractivity contribution in [1.29, 1.82) is 0 Å². The molecule has 2 aromatic rings. The molecule has 0 aliphatic carbocycles. The molecule has 0 spiro atoms. The van der Waals surface area contributed by atoms with E-state index in [1.165, 1.54) is 9.13 Å². The van der Waals surface area contributed by atoms with Gasteiger partial charge >= 0.3 is 11.4 Å². The van der Waals surface area contributed by atoms with E-state index >= 15 is 0 Å². The molecular weight excluding hydrogens is 675 g/mol. The molecule has 6 unspecified atom stereocenters. The van der Waals surface area contributed by atoms with Crippen molar-refractivity contribution < 1.29 is 29.2 Å². The van der Waals surface area contributed by atoms with Crippen LogP contribution in [-0.2, 0) is 18.9 Å². The molecule has 0 amide bonds. The fraction of sp³-hybridized carbons (Fsp3) is 0.500. The van der Waals surface area contributed by atoms with Crippen LogP contribution < -0.4 is 22.8 Å². The van der Waals surface area contributed by atoms with Gasteiger partial charge in [-0.2, -0.15) is 9.97 Å². The second-order valence-corrected chi connectivity index (χ2v) is 10.6. The SMILES string of the molecule is C=CCOC1CC(n2cc(C#CCC)c(N)nc2=O)OC1CO.C=CCOC1CC(n2cc(I)c(N)nc2=O)OC1CO. The Morgan fingerprint density at radius 1 is 0.977 bits per heavy atom. The molecule has 2 aliphatic heterocycles. The number of anilines is 2. The Bertz CT molecular complexity index is 1440. The molecule has 0 radical (unpaired) electrons. The molecule has 43 heavy (non-hydrogen) atoms. The van der Waals surface area contributed by atoms with Gasteiger partial charge in [0.05, 0.1) is 47.8 Å². The summed E-state index contributed by atoms with van der Waals surface area (Å²) in [6.07, 6.45) is 5.26. The molecular formula is C28H37IN6O8. The van der Waals surface area contributed by atoms with Gasteiger partial charge in [0, 0.05) is 31.7 Å². The highest BCUT2D eigenvalue weighted by atomic mass is 127. The first-order valence-corrected chi connectivity index (χ1v) is 14.6. The largest absolute Gasteiger partial charge is 0.394 e. The van der Waals surface area contributed by atoms with Crippen LogP contribution in [-0.4, -0.2) is 80.2 Å². The minimum absolute atomic E-state index is 0.100. The Balaban J connectivity index is 0.000000238. The number of aromatic nitrogens is 4. The number of aliphatic hydroxyl groups excluding tert-OH is 2. The van der Waals surface area contributed by atoms with Gasteiger partial charge in [-0.1, -0.05) is 30.9 Å². The van der Waals surface area contributed by atoms with Crippen molar-refractivity contribution in [1.82, 2.24) is 19.1 Å². The Hall–Kier alpha value is -3.11. The van der Waals surface area contributed by atoms with Crippen molar-refractivity contribution in [2.75, 3.05) is 37.9 Å². The summed E-state index contributed by atoms with van der Waals surface area (Å²) in [4.78, 5) is 31.5. The van der Waals surface area contributed by atoms with Crippen LogP contribution in [0, 0.1) is 15.4 Å². The van der Waals surface area contributed by atoms with E-state index in [4.69, 9.17) is 30.4 Å². The number of hydrogen-bond acceptors (Lipinski definition) is 12. The fourth-order valence-corrected chi connectivity index (χ4v) is 4.86. The van der Waals surface area contributed by atoms with Crippen LogP contribution in [0.2, 0.25) is 0 Å². The standard InChI is InChI=1S/C16H21N3O4.C12H16IN3O4/c1-3-5-6-11-9-19(16(21)18-15(11)17)14-8-12(22-7-4-2)13(10-20)23-14;1-2-3-19-8-4-10(20-9(8)6-17)16-5-7(13)11(14)15-12(16)18/h4,9,12-14,20H,2-3,7-8,10H2,1H3,(H2,17,18,21);2,5,8-10,17H,1,3-4,6H2,(H2,14,15,18). The zero-order chi connectivity index (χ0) is 31.5. The summed E-state index contributed by atoms with van der Waals surface area (Å²) in [7, 11) is 0. The first kappa shape index (κ1) is 34.4. The number of nitrogens with zero attached hydrogens (tertiary/aromatic N) is 4. The molecule has 2 aromatic heterocycles. The lowest BCUT2D eigenvalue weighted by Gasteiger charge is -2.15. The Morgan fingerprint density at radius 3 is 1.93 bits per heavy atom. The summed E-state index contributed by atoms with van der Waals surface area (Å²) < 4.78 is 25.9. The van der Waals surface area contributed by atoms with E-state index < -0.39 is 36.0 Å². The predicted octanol–water partition coefficient (Wildman–Crippen LogP) is 0.719. The predicted molar refractivity (Wildman–Crippen MR) is 167 cm³/mol. The summed E-state index contributed by atoms with van der Waals surface area (Å²) in [6.45, 7) is 9.43. The van der Waals surface area contributed by atoms with Gasteiger partial charge in [-0.15, -0.1) is 13.2 Å². The molecule has 15 heteroatoms. The Labute approximate surface area is 262 Å². The number of rotatable bonds is 10. The number of hydrogen-bond donors (Lipinski definition) is 4. The molecule has 2 aliphatic rings. The van der Waals surface area contributed by atoms with E-state index in [1.807, 2.05) is 29.5 Å². The second kappa shape index (κ2) is 16.7. The van der Waals surface area contributed by atoms with Gasteiger partial charge in [-0.25, -0.2) is 9.59 Å². The molecule has 2 fully saturated rings. The maximum atomic E-state index is 12.1. The third-order valence-electron chi connectivity index (χ3n) is 6.51. The van der Waals surface area contributed by atoms with Crippen LogP contribution in [0.4, 0.5) is 11.6 Å². The normalized spacial score (nSPS) is 24.5. The van der Waals surface area contributed by atoms with Crippen LogP contribution >= 0.6 is 22.6 Å². The highest BCUT2D eigenvalue weighted by Crippen LogP contribution is 2.31. The minimum Gasteiger partial charge on any atom is -0.394 e. The highest BCUT2D eigenvalue weighted by Gasteiger charge is 2.38. The van der Waals surface area contributed by atoms with Crippen molar-refractivity contribution in [3.63, 3.8) is 0 Å². The summed E-state index contributed by atoms with van der Waals surface area (Å²) in [5.74, 6) is 6.07. The number of aliphatic hydroxyl groups is 2. The van der Waals surface area contributed by atoms with Gasteiger partial charge in [-0.3, -0.25) is 9.13 Å². The van der Waals surface area contributed by atoms with Crippen LogP contribution in [0.3, 0.4) is 0 Å². The van der Waals surface area contributed by atoms with E-state index in [1.54, 1.807) is 24.5 Å². The fourth-order valence-electron chi connectivity index (χ4n) is 4.44. The van der Waals surface area contributed by atoms with Crippen molar-refractivity contribution in [2.24, 2.45) is 0 Å². The maximum Gasteiger partial charge on any atom is 0.351 e. The van der Waals surface area contributed by atoms with Crippen LogP contribution in [0.25, 0.3) is 0 Å². The van der Waals surface area contributed by atoms with E-state index in [0.717, 1.165) is 0 Å². The second-order valence-electron chi connectivity index (χ2n) is 9.46.